The van der Waals surface area contributed by atoms with E-state index in [0.29, 0.717) is 25.6 Å². The number of nitrogens with zero attached hydrogens (tertiary/aromatic N) is 3. The van der Waals surface area contributed by atoms with Crippen molar-refractivity contribution in [2.24, 2.45) is 4.99 Å². The molecule has 2 heterocycles. The van der Waals surface area contributed by atoms with Crippen molar-refractivity contribution in [1.29, 1.82) is 0 Å². The van der Waals surface area contributed by atoms with Crippen LogP contribution in [0.15, 0.2) is 27.8 Å². The Balaban J connectivity index is 1.78. The van der Waals surface area contributed by atoms with Crippen LogP contribution in [0.5, 0.6) is 0 Å². The number of likely N-dealkylation sites (tertiary alicyclic amines) is 1. The Morgan fingerprint density at radius 3 is 2.65 bits per heavy atom. The van der Waals surface area contributed by atoms with Crippen molar-refractivity contribution in [3.8, 4) is 0 Å². The van der Waals surface area contributed by atoms with Gasteiger partial charge in [-0.25, -0.2) is 4.79 Å². The van der Waals surface area contributed by atoms with E-state index in [2.05, 4.69) is 20.5 Å². The lowest BCUT2D eigenvalue weighted by Crippen LogP contribution is -2.63. The number of amides is 1. The van der Waals surface area contributed by atoms with E-state index in [-0.39, 0.29) is 18.2 Å². The average molecular weight is 365 g/mol. The fraction of sp³-hybridized carbons (Fsp3) is 0.667. The Kier molecular flexibility index (Phi) is 6.52. The number of furan rings is 1. The molecular weight excluding hydrogens is 334 g/mol. The van der Waals surface area contributed by atoms with Crippen LogP contribution < -0.4 is 10.6 Å². The highest BCUT2D eigenvalue weighted by atomic mass is 16.6. The minimum atomic E-state index is -0.472. The molecule has 0 aromatic carbocycles. The van der Waals surface area contributed by atoms with Crippen molar-refractivity contribution in [2.75, 3.05) is 40.8 Å². The van der Waals surface area contributed by atoms with Gasteiger partial charge in [-0.05, 0) is 47.0 Å². The van der Waals surface area contributed by atoms with Crippen molar-refractivity contribution >= 4 is 12.1 Å². The van der Waals surface area contributed by atoms with Gasteiger partial charge in [-0.1, -0.05) is 0 Å². The van der Waals surface area contributed by atoms with Crippen LogP contribution in [0.1, 0.15) is 32.6 Å². The summed E-state index contributed by atoms with van der Waals surface area (Å²) in [4.78, 5) is 20.0. The Labute approximate surface area is 155 Å². The summed E-state index contributed by atoms with van der Waals surface area (Å²) in [5, 5.41) is 6.65. The zero-order valence-corrected chi connectivity index (χ0v) is 16.6. The molecule has 1 unspecified atom stereocenters. The van der Waals surface area contributed by atoms with E-state index in [1.165, 1.54) is 0 Å². The topological polar surface area (TPSA) is 82.3 Å². The molecule has 0 saturated carbocycles. The van der Waals surface area contributed by atoms with E-state index < -0.39 is 5.60 Å². The minimum Gasteiger partial charge on any atom is -0.468 e. The number of guanidine groups is 1. The van der Waals surface area contributed by atoms with Gasteiger partial charge >= 0.3 is 6.09 Å². The predicted octanol–water partition coefficient (Wildman–Crippen LogP) is 1.67. The van der Waals surface area contributed by atoms with Gasteiger partial charge in [-0.2, -0.15) is 0 Å². The summed E-state index contributed by atoms with van der Waals surface area (Å²) in [5.74, 6) is 1.61. The maximum atomic E-state index is 12.0. The Morgan fingerprint density at radius 2 is 2.15 bits per heavy atom. The second-order valence-electron chi connectivity index (χ2n) is 7.67. The number of carbonyl (C=O) groups is 1. The van der Waals surface area contributed by atoms with Crippen LogP contribution >= 0.6 is 0 Å². The third-order valence-corrected chi connectivity index (χ3v) is 4.06. The summed E-state index contributed by atoms with van der Waals surface area (Å²) in [5.41, 5.74) is -0.472. The van der Waals surface area contributed by atoms with E-state index in [9.17, 15) is 4.79 Å². The maximum absolute atomic E-state index is 12.0. The number of likely N-dealkylation sites (N-methyl/N-ethyl adjacent to an activating group) is 1. The lowest BCUT2D eigenvalue weighted by atomic mass is 10.1. The third-order valence-electron chi connectivity index (χ3n) is 4.06. The number of carbonyl (C=O) groups excluding carboxylic acids is 1. The van der Waals surface area contributed by atoms with Crippen LogP contribution in [-0.2, 0) is 4.74 Å². The largest absolute Gasteiger partial charge is 0.468 e. The molecule has 1 aromatic rings. The summed E-state index contributed by atoms with van der Waals surface area (Å²) in [6.07, 6.45) is 1.41. The molecule has 1 atom stereocenters. The van der Waals surface area contributed by atoms with Crippen molar-refractivity contribution < 1.29 is 13.9 Å². The number of nitrogens with one attached hydrogen (secondary N) is 2. The first-order valence-electron chi connectivity index (χ1n) is 8.84. The molecule has 2 rings (SSSR count). The molecule has 1 amide bonds. The zero-order chi connectivity index (χ0) is 19.3. The molecule has 8 nitrogen and oxygen atoms in total. The number of ether oxygens (including phenoxy) is 1. The van der Waals surface area contributed by atoms with E-state index in [0.717, 1.165) is 5.76 Å². The Morgan fingerprint density at radius 1 is 1.46 bits per heavy atom. The Hall–Kier alpha value is -2.22. The van der Waals surface area contributed by atoms with E-state index in [1.807, 2.05) is 47.0 Å². The summed E-state index contributed by atoms with van der Waals surface area (Å²) in [6.45, 7) is 7.46. The smallest absolute Gasteiger partial charge is 0.410 e. The van der Waals surface area contributed by atoms with Gasteiger partial charge in [0.15, 0.2) is 5.96 Å². The lowest BCUT2D eigenvalue weighted by molar-refractivity contribution is 0.00700. The Bertz CT molecular complexity index is 601. The molecule has 2 N–H and O–H groups in total. The van der Waals surface area contributed by atoms with Gasteiger partial charge in [0.05, 0.1) is 18.3 Å². The van der Waals surface area contributed by atoms with Gasteiger partial charge in [0, 0.05) is 26.7 Å². The molecule has 1 aliphatic heterocycles. The zero-order valence-electron chi connectivity index (χ0n) is 16.6. The highest BCUT2D eigenvalue weighted by Gasteiger charge is 2.34. The average Bonchev–Trinajstić information content (AvgIpc) is 3.00. The highest BCUT2D eigenvalue weighted by Crippen LogP contribution is 2.18. The monoisotopic (exact) mass is 365 g/mol. The molecule has 146 valence electrons. The molecule has 0 spiro atoms. The quantitative estimate of drug-likeness (QED) is 0.610. The minimum absolute atomic E-state index is 0.100. The van der Waals surface area contributed by atoms with Crippen LogP contribution in [0, 0.1) is 0 Å². The first-order chi connectivity index (χ1) is 12.2. The number of hydrogen-bond donors (Lipinski definition) is 2. The SMILES string of the molecule is CN=C(NCC(c1ccco1)N(C)C)NC1CN(C(=O)OC(C)(C)C)C1. The molecule has 1 saturated heterocycles. The fourth-order valence-corrected chi connectivity index (χ4v) is 2.65. The molecule has 0 aliphatic carbocycles. The van der Waals surface area contributed by atoms with Crippen molar-refractivity contribution in [1.82, 2.24) is 20.4 Å². The van der Waals surface area contributed by atoms with E-state index >= 15 is 0 Å². The predicted molar refractivity (Wildman–Crippen MR) is 101 cm³/mol. The summed E-state index contributed by atoms with van der Waals surface area (Å²) in [6, 6.07) is 4.12. The van der Waals surface area contributed by atoms with Gasteiger partial charge in [-0.15, -0.1) is 0 Å². The standard InChI is InChI=1S/C18H31N5O3/c1-18(2,3)26-17(24)23-11-13(12-23)21-16(19-4)20-10-14(22(5)6)15-8-7-9-25-15/h7-9,13-14H,10-12H2,1-6H3,(H2,19,20,21). The number of aliphatic imine (C=N–C) groups is 1. The summed E-state index contributed by atoms with van der Waals surface area (Å²) >= 11 is 0. The van der Waals surface area contributed by atoms with Gasteiger partial charge in [0.1, 0.15) is 11.4 Å². The van der Waals surface area contributed by atoms with Crippen molar-refractivity contribution in [3.63, 3.8) is 0 Å². The molecular formula is C18H31N5O3. The van der Waals surface area contributed by atoms with Crippen LogP contribution in [0.2, 0.25) is 0 Å². The lowest BCUT2D eigenvalue weighted by Gasteiger charge is -2.40. The van der Waals surface area contributed by atoms with Crippen LogP contribution in [0.3, 0.4) is 0 Å². The first kappa shape index (κ1) is 20.1. The molecule has 0 radical (unpaired) electrons. The molecule has 0 bridgehead atoms. The second kappa shape index (κ2) is 8.44. The summed E-state index contributed by atoms with van der Waals surface area (Å²) in [7, 11) is 5.75. The van der Waals surface area contributed by atoms with Crippen molar-refractivity contribution in [2.45, 2.75) is 38.5 Å². The van der Waals surface area contributed by atoms with E-state index in [1.54, 1.807) is 18.2 Å². The first-order valence-corrected chi connectivity index (χ1v) is 8.84. The van der Waals surface area contributed by atoms with Crippen molar-refractivity contribution in [3.05, 3.63) is 24.2 Å². The third kappa shape index (κ3) is 5.66. The number of rotatable bonds is 5. The van der Waals surface area contributed by atoms with Crippen LogP contribution in [0.25, 0.3) is 0 Å². The van der Waals surface area contributed by atoms with E-state index in [4.69, 9.17) is 9.15 Å². The highest BCUT2D eigenvalue weighted by molar-refractivity contribution is 5.80. The van der Waals surface area contributed by atoms with Gasteiger partial charge in [-0.3, -0.25) is 9.89 Å². The maximum Gasteiger partial charge on any atom is 0.410 e. The molecule has 8 heteroatoms. The molecule has 1 aliphatic rings. The van der Waals surface area contributed by atoms with Crippen LogP contribution in [0.4, 0.5) is 4.79 Å². The fourth-order valence-electron chi connectivity index (χ4n) is 2.65. The molecule has 26 heavy (non-hydrogen) atoms. The second-order valence-corrected chi connectivity index (χ2v) is 7.67. The van der Waals surface area contributed by atoms with Gasteiger partial charge < -0.3 is 24.7 Å². The molecule has 1 aromatic heterocycles. The summed E-state index contributed by atoms with van der Waals surface area (Å²) < 4.78 is 10.9. The number of hydrogen-bond acceptors (Lipinski definition) is 5. The normalized spacial score (nSPS) is 17.0. The molecule has 1 fully saturated rings. The van der Waals surface area contributed by atoms with Gasteiger partial charge in [0.25, 0.3) is 0 Å². The van der Waals surface area contributed by atoms with Crippen LogP contribution in [-0.4, -0.2) is 74.3 Å². The van der Waals surface area contributed by atoms with Gasteiger partial charge in [0.2, 0.25) is 0 Å².